The van der Waals surface area contributed by atoms with Gasteiger partial charge in [-0.15, -0.1) is 0 Å². The molecular weight excluding hydrogens is 274 g/mol. The number of carbonyl (C=O) groups is 1. The molecule has 0 radical (unpaired) electrons. The summed E-state index contributed by atoms with van der Waals surface area (Å²) in [6.45, 7) is 1.18. The number of hydrogen-bond donors (Lipinski definition) is 2. The van der Waals surface area contributed by atoms with Crippen molar-refractivity contribution in [3.05, 3.63) is 33.9 Å². The second-order valence-electron chi connectivity index (χ2n) is 5.27. The van der Waals surface area contributed by atoms with Gasteiger partial charge in [0.1, 0.15) is 11.3 Å². The summed E-state index contributed by atoms with van der Waals surface area (Å²) in [4.78, 5) is 24.7. The van der Waals surface area contributed by atoms with Crippen molar-refractivity contribution in [3.63, 3.8) is 0 Å². The lowest BCUT2D eigenvalue weighted by molar-refractivity contribution is -0.384. The Labute approximate surface area is 122 Å². The minimum atomic E-state index is -0.613. The number of carbonyl (C=O) groups excluding carboxylic acids is 1. The zero-order valence-electron chi connectivity index (χ0n) is 11.7. The van der Waals surface area contributed by atoms with Crippen LogP contribution in [-0.2, 0) is 0 Å². The highest BCUT2D eigenvalue weighted by Crippen LogP contribution is 2.29. The number of nitrogens with zero attached hydrogens (tertiary/aromatic N) is 2. The van der Waals surface area contributed by atoms with Gasteiger partial charge in [0, 0.05) is 19.7 Å². The molecule has 2 rings (SSSR count). The molecule has 1 heterocycles. The minimum Gasteiger partial charge on any atom is -0.396 e. The van der Waals surface area contributed by atoms with Crippen molar-refractivity contribution in [2.24, 2.45) is 5.92 Å². The number of piperidine rings is 1. The maximum atomic E-state index is 12.5. The second kappa shape index (κ2) is 6.53. The monoisotopic (exact) mass is 293 g/mol. The first-order valence-corrected chi connectivity index (χ1v) is 6.97. The first kappa shape index (κ1) is 15.2. The first-order valence-electron chi connectivity index (χ1n) is 6.97. The zero-order chi connectivity index (χ0) is 15.4. The third-order valence-corrected chi connectivity index (χ3v) is 3.82. The number of nitrogen functional groups attached to an aromatic ring is 1. The van der Waals surface area contributed by atoms with E-state index in [4.69, 9.17) is 10.8 Å². The van der Waals surface area contributed by atoms with E-state index in [1.165, 1.54) is 12.1 Å². The van der Waals surface area contributed by atoms with E-state index >= 15 is 0 Å². The smallest absolute Gasteiger partial charge is 0.304 e. The molecule has 1 unspecified atom stereocenters. The van der Waals surface area contributed by atoms with Gasteiger partial charge in [0.2, 0.25) is 0 Å². The Hall–Kier alpha value is -2.15. The van der Waals surface area contributed by atoms with E-state index in [9.17, 15) is 14.9 Å². The summed E-state index contributed by atoms with van der Waals surface area (Å²) in [7, 11) is 0. The lowest BCUT2D eigenvalue weighted by Crippen LogP contribution is -2.40. The van der Waals surface area contributed by atoms with E-state index < -0.39 is 4.92 Å². The van der Waals surface area contributed by atoms with Gasteiger partial charge in [0.05, 0.1) is 4.92 Å². The van der Waals surface area contributed by atoms with Crippen LogP contribution in [0.5, 0.6) is 0 Å². The van der Waals surface area contributed by atoms with Crippen LogP contribution in [0.3, 0.4) is 0 Å². The second-order valence-corrected chi connectivity index (χ2v) is 5.27. The van der Waals surface area contributed by atoms with Crippen LogP contribution in [0.1, 0.15) is 29.6 Å². The number of anilines is 1. The molecule has 0 bridgehead atoms. The molecule has 1 aliphatic heterocycles. The molecule has 7 nitrogen and oxygen atoms in total. The number of rotatable bonds is 4. The summed E-state index contributed by atoms with van der Waals surface area (Å²) in [5.74, 6) is -0.121. The van der Waals surface area contributed by atoms with E-state index in [1.54, 1.807) is 11.0 Å². The molecule has 1 amide bonds. The summed E-state index contributed by atoms with van der Waals surface area (Å²) in [6.07, 6.45) is 2.44. The summed E-state index contributed by atoms with van der Waals surface area (Å²) in [5.41, 5.74) is 5.32. The van der Waals surface area contributed by atoms with Crippen molar-refractivity contribution in [1.29, 1.82) is 0 Å². The van der Waals surface area contributed by atoms with Crippen LogP contribution < -0.4 is 5.73 Å². The van der Waals surface area contributed by atoms with Crippen LogP contribution in [0.2, 0.25) is 0 Å². The van der Waals surface area contributed by atoms with Crippen LogP contribution >= 0.6 is 0 Å². The fraction of sp³-hybridized carbons (Fsp3) is 0.500. The van der Waals surface area contributed by atoms with Gasteiger partial charge in [-0.2, -0.15) is 0 Å². The largest absolute Gasteiger partial charge is 0.396 e. The lowest BCUT2D eigenvalue weighted by atomic mass is 9.94. The summed E-state index contributed by atoms with van der Waals surface area (Å²) < 4.78 is 0. The molecule has 1 aliphatic rings. The fourth-order valence-corrected chi connectivity index (χ4v) is 2.78. The van der Waals surface area contributed by atoms with E-state index in [-0.39, 0.29) is 35.4 Å². The van der Waals surface area contributed by atoms with E-state index in [0.717, 1.165) is 12.8 Å². The molecule has 114 valence electrons. The van der Waals surface area contributed by atoms with Gasteiger partial charge >= 0.3 is 5.69 Å². The molecule has 1 fully saturated rings. The van der Waals surface area contributed by atoms with Crippen molar-refractivity contribution in [1.82, 2.24) is 4.90 Å². The molecule has 7 heteroatoms. The van der Waals surface area contributed by atoms with Gasteiger partial charge in [-0.05, 0) is 37.3 Å². The maximum absolute atomic E-state index is 12.5. The highest BCUT2D eigenvalue weighted by molar-refractivity contribution is 6.00. The Bertz CT molecular complexity index is 545. The number of nitro groups is 1. The number of amides is 1. The number of aliphatic hydroxyl groups excluding tert-OH is 1. The standard InChI is InChI=1S/C14H19N3O4/c15-12-5-1-4-11(13(12)17(20)21)14(19)16-7-2-3-10(9-16)6-8-18/h1,4-5,10,18H,2-3,6-9,15H2. The Balaban J connectivity index is 2.24. The number of nitrogens with two attached hydrogens (primary N) is 1. The van der Waals surface area contributed by atoms with Crippen molar-refractivity contribution in [2.75, 3.05) is 25.4 Å². The average Bonchev–Trinajstić information content (AvgIpc) is 2.46. The Morgan fingerprint density at radius 2 is 2.29 bits per heavy atom. The van der Waals surface area contributed by atoms with E-state index in [1.807, 2.05) is 0 Å². The molecule has 0 spiro atoms. The van der Waals surface area contributed by atoms with Crippen LogP contribution in [0.25, 0.3) is 0 Å². The van der Waals surface area contributed by atoms with Gasteiger partial charge in [0.15, 0.2) is 0 Å². The van der Waals surface area contributed by atoms with Gasteiger partial charge in [-0.3, -0.25) is 14.9 Å². The molecule has 1 aromatic carbocycles. The number of para-hydroxylation sites is 1. The first-order chi connectivity index (χ1) is 10.0. The predicted molar refractivity (Wildman–Crippen MR) is 77.8 cm³/mol. The van der Waals surface area contributed by atoms with Crippen molar-refractivity contribution in [2.45, 2.75) is 19.3 Å². The van der Waals surface area contributed by atoms with Crippen LogP contribution in [0, 0.1) is 16.0 Å². The van der Waals surface area contributed by atoms with Gasteiger partial charge in [-0.1, -0.05) is 6.07 Å². The van der Waals surface area contributed by atoms with E-state index in [0.29, 0.717) is 19.5 Å². The predicted octanol–water partition coefficient (Wildman–Crippen LogP) is 1.41. The normalized spacial score (nSPS) is 18.5. The number of nitro benzene ring substituents is 1. The molecule has 1 atom stereocenters. The zero-order valence-corrected chi connectivity index (χ0v) is 11.7. The molecule has 3 N–H and O–H groups in total. The summed E-state index contributed by atoms with van der Waals surface area (Å²) in [6, 6.07) is 4.40. The highest BCUT2D eigenvalue weighted by atomic mass is 16.6. The maximum Gasteiger partial charge on any atom is 0.304 e. The average molecular weight is 293 g/mol. The SMILES string of the molecule is Nc1cccc(C(=O)N2CCCC(CCO)C2)c1[N+](=O)[O-]. The van der Waals surface area contributed by atoms with Crippen LogP contribution in [0.4, 0.5) is 11.4 Å². The molecule has 1 saturated heterocycles. The quantitative estimate of drug-likeness (QED) is 0.495. The number of hydrogen-bond acceptors (Lipinski definition) is 5. The molecule has 0 saturated carbocycles. The van der Waals surface area contributed by atoms with Gasteiger partial charge in [-0.25, -0.2) is 0 Å². The molecule has 21 heavy (non-hydrogen) atoms. The van der Waals surface area contributed by atoms with Crippen molar-refractivity contribution < 1.29 is 14.8 Å². The van der Waals surface area contributed by atoms with Crippen LogP contribution in [-0.4, -0.2) is 40.5 Å². The molecular formula is C14H19N3O4. The lowest BCUT2D eigenvalue weighted by Gasteiger charge is -2.32. The topological polar surface area (TPSA) is 110 Å². The summed E-state index contributed by atoms with van der Waals surface area (Å²) >= 11 is 0. The fourth-order valence-electron chi connectivity index (χ4n) is 2.78. The number of likely N-dealkylation sites (tertiary alicyclic amines) is 1. The van der Waals surface area contributed by atoms with Crippen molar-refractivity contribution in [3.8, 4) is 0 Å². The van der Waals surface area contributed by atoms with Crippen molar-refractivity contribution >= 4 is 17.3 Å². The number of aliphatic hydroxyl groups is 1. The minimum absolute atomic E-state index is 0.00484. The van der Waals surface area contributed by atoms with Crippen LogP contribution in [0.15, 0.2) is 18.2 Å². The Morgan fingerprint density at radius 1 is 1.52 bits per heavy atom. The Morgan fingerprint density at radius 3 is 2.95 bits per heavy atom. The molecule has 1 aromatic rings. The summed E-state index contributed by atoms with van der Waals surface area (Å²) in [5, 5.41) is 20.1. The van der Waals surface area contributed by atoms with Gasteiger partial charge in [0.25, 0.3) is 5.91 Å². The third-order valence-electron chi connectivity index (χ3n) is 3.82. The molecule has 0 aliphatic carbocycles. The number of benzene rings is 1. The Kier molecular flexibility index (Phi) is 4.74. The third kappa shape index (κ3) is 3.30. The highest BCUT2D eigenvalue weighted by Gasteiger charge is 2.29. The van der Waals surface area contributed by atoms with Gasteiger partial charge < -0.3 is 15.7 Å². The molecule has 0 aromatic heterocycles. The van der Waals surface area contributed by atoms with E-state index in [2.05, 4.69) is 0 Å².